The van der Waals surface area contributed by atoms with Crippen molar-refractivity contribution < 1.29 is 4.74 Å². The van der Waals surface area contributed by atoms with E-state index in [9.17, 15) is 10.5 Å². The summed E-state index contributed by atoms with van der Waals surface area (Å²) in [5.74, 6) is 0.906. The highest BCUT2D eigenvalue weighted by molar-refractivity contribution is 7.71. The van der Waals surface area contributed by atoms with Crippen molar-refractivity contribution in [2.24, 2.45) is 0 Å². The van der Waals surface area contributed by atoms with Crippen molar-refractivity contribution in [1.29, 1.82) is 10.5 Å². The van der Waals surface area contributed by atoms with Crippen LogP contribution in [0.4, 0.5) is 5.82 Å². The highest BCUT2D eigenvalue weighted by atomic mass is 32.1. The largest absolute Gasteiger partial charge is 0.494 e. The second kappa shape index (κ2) is 7.44. The van der Waals surface area contributed by atoms with E-state index in [0.29, 0.717) is 17.7 Å². The summed E-state index contributed by atoms with van der Waals surface area (Å²) in [5, 5.41) is 18.7. The van der Waals surface area contributed by atoms with Gasteiger partial charge in [0.05, 0.1) is 12.2 Å². The van der Waals surface area contributed by atoms with Crippen LogP contribution in [-0.2, 0) is 0 Å². The predicted molar refractivity (Wildman–Crippen MR) is 91.3 cm³/mol. The molecule has 1 aromatic carbocycles. The zero-order valence-electron chi connectivity index (χ0n) is 12.7. The van der Waals surface area contributed by atoms with Gasteiger partial charge in [0.25, 0.3) is 0 Å². The summed E-state index contributed by atoms with van der Waals surface area (Å²) >= 11 is 5.14. The molecule has 2 rings (SSSR count). The monoisotopic (exact) mass is 324 g/mol. The van der Waals surface area contributed by atoms with Crippen molar-refractivity contribution in [3.63, 3.8) is 0 Å². The molecular weight excluding hydrogens is 308 g/mol. The maximum atomic E-state index is 9.36. The van der Waals surface area contributed by atoms with Gasteiger partial charge in [-0.05, 0) is 24.1 Å². The van der Waals surface area contributed by atoms with E-state index in [0.717, 1.165) is 18.6 Å². The number of nitrogen functional groups attached to an aromatic ring is 1. The molecule has 0 saturated carbocycles. The summed E-state index contributed by atoms with van der Waals surface area (Å²) < 4.78 is 5.84. The molecule has 0 bridgehead atoms. The maximum absolute atomic E-state index is 9.36. The number of pyridine rings is 1. The SMILES string of the molecule is CCCCOc1ccc(-c2c(C#N)c(N)[nH]c(=S)c2C#N)cc1. The second-order valence-corrected chi connectivity index (χ2v) is 5.35. The maximum Gasteiger partial charge on any atom is 0.123 e. The highest BCUT2D eigenvalue weighted by Crippen LogP contribution is 2.31. The van der Waals surface area contributed by atoms with Gasteiger partial charge in [-0.3, -0.25) is 0 Å². The number of aromatic nitrogens is 1. The Balaban J connectivity index is 2.48. The molecule has 5 nitrogen and oxygen atoms in total. The first-order valence-electron chi connectivity index (χ1n) is 7.21. The third-order valence-corrected chi connectivity index (χ3v) is 3.68. The lowest BCUT2D eigenvalue weighted by atomic mass is 9.97. The summed E-state index contributed by atoms with van der Waals surface area (Å²) in [6.07, 6.45) is 2.06. The number of hydrogen-bond acceptors (Lipinski definition) is 5. The number of ether oxygens (including phenoxy) is 1. The Morgan fingerprint density at radius 3 is 2.39 bits per heavy atom. The number of nitrogens with zero attached hydrogens (tertiary/aromatic N) is 2. The van der Waals surface area contributed by atoms with Gasteiger partial charge in [0.1, 0.15) is 33.9 Å². The van der Waals surface area contributed by atoms with Gasteiger partial charge in [0.15, 0.2) is 0 Å². The van der Waals surface area contributed by atoms with Gasteiger partial charge in [-0.1, -0.05) is 37.7 Å². The van der Waals surface area contributed by atoms with E-state index in [-0.39, 0.29) is 21.6 Å². The Kier molecular flexibility index (Phi) is 5.35. The van der Waals surface area contributed by atoms with E-state index in [2.05, 4.69) is 11.9 Å². The summed E-state index contributed by atoms with van der Waals surface area (Å²) in [6.45, 7) is 2.76. The average Bonchev–Trinajstić information content (AvgIpc) is 2.55. The molecule has 116 valence electrons. The van der Waals surface area contributed by atoms with Crippen LogP contribution in [0.5, 0.6) is 5.75 Å². The summed E-state index contributed by atoms with van der Waals surface area (Å²) in [6, 6.07) is 11.3. The lowest BCUT2D eigenvalue weighted by Gasteiger charge is -2.11. The van der Waals surface area contributed by atoms with Gasteiger partial charge >= 0.3 is 0 Å². The van der Waals surface area contributed by atoms with Crippen molar-refractivity contribution in [3.05, 3.63) is 40.0 Å². The molecule has 3 N–H and O–H groups in total. The minimum Gasteiger partial charge on any atom is -0.494 e. The molecule has 0 fully saturated rings. The molecule has 0 aliphatic carbocycles. The molecule has 0 radical (unpaired) electrons. The third-order valence-electron chi connectivity index (χ3n) is 3.38. The topological polar surface area (TPSA) is 98.6 Å². The number of nitrogens with one attached hydrogen (secondary N) is 1. The predicted octanol–water partition coefficient (Wildman–Crippen LogP) is 3.92. The van der Waals surface area contributed by atoms with Gasteiger partial charge in [0, 0.05) is 5.56 Å². The van der Waals surface area contributed by atoms with E-state index in [1.165, 1.54) is 0 Å². The molecule has 0 saturated heterocycles. The fourth-order valence-corrected chi connectivity index (χ4v) is 2.44. The summed E-state index contributed by atoms with van der Waals surface area (Å²) in [7, 11) is 0. The molecule has 0 atom stereocenters. The van der Waals surface area contributed by atoms with Crippen molar-refractivity contribution in [3.8, 4) is 29.0 Å². The van der Waals surface area contributed by atoms with Crippen molar-refractivity contribution in [2.45, 2.75) is 19.8 Å². The summed E-state index contributed by atoms with van der Waals surface area (Å²) in [5.41, 5.74) is 7.44. The normalized spacial score (nSPS) is 9.87. The highest BCUT2D eigenvalue weighted by Gasteiger charge is 2.16. The zero-order valence-corrected chi connectivity index (χ0v) is 13.5. The number of benzene rings is 1. The Morgan fingerprint density at radius 1 is 1.17 bits per heavy atom. The number of nitriles is 2. The fraction of sp³-hybridized carbons (Fsp3) is 0.235. The van der Waals surface area contributed by atoms with Crippen LogP contribution in [0.15, 0.2) is 24.3 Å². The zero-order chi connectivity index (χ0) is 16.8. The molecular formula is C17H16N4OS. The van der Waals surface area contributed by atoms with Crippen LogP contribution in [0.25, 0.3) is 11.1 Å². The minimum atomic E-state index is 0.162. The van der Waals surface area contributed by atoms with E-state index >= 15 is 0 Å². The van der Waals surface area contributed by atoms with Crippen LogP contribution >= 0.6 is 12.2 Å². The smallest absolute Gasteiger partial charge is 0.123 e. The number of hydrogen-bond donors (Lipinski definition) is 2. The molecule has 0 amide bonds. The fourth-order valence-electron chi connectivity index (χ4n) is 2.18. The molecule has 0 aliphatic rings. The van der Waals surface area contributed by atoms with Gasteiger partial charge in [-0.15, -0.1) is 0 Å². The first-order chi connectivity index (χ1) is 11.1. The van der Waals surface area contributed by atoms with E-state index in [4.69, 9.17) is 22.7 Å². The number of unbranched alkanes of at least 4 members (excludes halogenated alkanes) is 1. The van der Waals surface area contributed by atoms with E-state index < -0.39 is 0 Å². The third kappa shape index (κ3) is 3.50. The Morgan fingerprint density at radius 2 is 1.83 bits per heavy atom. The van der Waals surface area contributed by atoms with Crippen LogP contribution in [0.2, 0.25) is 0 Å². The van der Waals surface area contributed by atoms with Gasteiger partial charge in [-0.2, -0.15) is 10.5 Å². The molecule has 1 heterocycles. The van der Waals surface area contributed by atoms with Crippen molar-refractivity contribution in [1.82, 2.24) is 4.98 Å². The molecule has 0 aliphatic heterocycles. The van der Waals surface area contributed by atoms with Gasteiger partial charge in [-0.25, -0.2) is 0 Å². The van der Waals surface area contributed by atoms with E-state index in [1.54, 1.807) is 12.1 Å². The average molecular weight is 324 g/mol. The van der Waals surface area contributed by atoms with Crippen molar-refractivity contribution >= 4 is 18.0 Å². The Labute approximate surface area is 139 Å². The quantitative estimate of drug-likeness (QED) is 0.641. The lowest BCUT2D eigenvalue weighted by molar-refractivity contribution is 0.309. The molecule has 23 heavy (non-hydrogen) atoms. The number of aromatic amines is 1. The first-order valence-corrected chi connectivity index (χ1v) is 7.62. The van der Waals surface area contributed by atoms with Crippen LogP contribution in [0, 0.1) is 27.3 Å². The molecule has 1 aromatic heterocycles. The number of anilines is 1. The van der Waals surface area contributed by atoms with Crippen LogP contribution in [-0.4, -0.2) is 11.6 Å². The Bertz CT molecular complexity index is 841. The van der Waals surface area contributed by atoms with E-state index in [1.807, 2.05) is 24.3 Å². The Hall–Kier alpha value is -2.83. The molecule has 0 spiro atoms. The lowest BCUT2D eigenvalue weighted by Crippen LogP contribution is -2.01. The first kappa shape index (κ1) is 16.5. The number of nitrogens with two attached hydrogens (primary N) is 1. The molecule has 2 aromatic rings. The van der Waals surface area contributed by atoms with Crippen LogP contribution < -0.4 is 10.5 Å². The van der Waals surface area contributed by atoms with Gasteiger partial charge in [0.2, 0.25) is 0 Å². The van der Waals surface area contributed by atoms with Gasteiger partial charge < -0.3 is 15.5 Å². The number of H-pyrrole nitrogens is 1. The molecule has 0 unspecified atom stereocenters. The summed E-state index contributed by atoms with van der Waals surface area (Å²) in [4.78, 5) is 2.69. The second-order valence-electron chi connectivity index (χ2n) is 4.94. The molecule has 6 heteroatoms. The van der Waals surface area contributed by atoms with Crippen LogP contribution in [0.3, 0.4) is 0 Å². The van der Waals surface area contributed by atoms with Crippen LogP contribution in [0.1, 0.15) is 30.9 Å². The number of rotatable bonds is 5. The standard InChI is InChI=1S/C17H16N4OS/c1-2-3-8-22-12-6-4-11(5-7-12)15-13(9-18)16(20)21-17(23)14(15)10-19/h4-7H,2-3,8H2,1H3,(H3,20,21,23). The van der Waals surface area contributed by atoms with Crippen molar-refractivity contribution in [2.75, 3.05) is 12.3 Å². The minimum absolute atomic E-state index is 0.162.